The highest BCUT2D eigenvalue weighted by Gasteiger charge is 2.20. The molecule has 1 heterocycles. The lowest BCUT2D eigenvalue weighted by atomic mass is 10.0. The average Bonchev–Trinajstić information content (AvgIpc) is 3.36. The van der Waals surface area contributed by atoms with Gasteiger partial charge in [0.25, 0.3) is 5.91 Å². The number of carbonyl (C=O) groups is 1. The van der Waals surface area contributed by atoms with Gasteiger partial charge < -0.3 is 20.1 Å². The number of aromatic nitrogens is 2. The molecule has 0 aliphatic rings. The molecular formula is C26H27N3O3. The molecule has 0 aliphatic carbocycles. The molecule has 1 amide bonds. The molecule has 6 heteroatoms. The Labute approximate surface area is 187 Å². The van der Waals surface area contributed by atoms with Gasteiger partial charge in [-0.25, -0.2) is 4.98 Å². The minimum Gasteiger partial charge on any atom is -0.489 e. The second-order valence-corrected chi connectivity index (χ2v) is 7.90. The molecule has 4 aromatic rings. The van der Waals surface area contributed by atoms with Crippen LogP contribution in [0.15, 0.2) is 79.3 Å². The van der Waals surface area contributed by atoms with E-state index in [-0.39, 0.29) is 11.9 Å². The zero-order chi connectivity index (χ0) is 22.3. The molecule has 0 spiro atoms. The highest BCUT2D eigenvalue weighted by molar-refractivity contribution is 5.92. The summed E-state index contributed by atoms with van der Waals surface area (Å²) in [5.41, 5.74) is 2.51. The molecule has 1 aromatic heterocycles. The molecule has 0 aliphatic heterocycles. The van der Waals surface area contributed by atoms with Gasteiger partial charge in [-0.05, 0) is 53.8 Å². The first-order chi connectivity index (χ1) is 15.6. The second kappa shape index (κ2) is 10.1. The van der Waals surface area contributed by atoms with Crippen LogP contribution in [-0.2, 0) is 13.0 Å². The van der Waals surface area contributed by atoms with Crippen molar-refractivity contribution in [2.75, 3.05) is 0 Å². The molecular weight excluding hydrogens is 402 g/mol. The molecule has 2 atom stereocenters. The largest absolute Gasteiger partial charge is 0.489 e. The van der Waals surface area contributed by atoms with Crippen molar-refractivity contribution in [3.63, 3.8) is 0 Å². The number of fused-ring (bicyclic) bond motifs is 1. The van der Waals surface area contributed by atoms with Crippen LogP contribution in [0.4, 0.5) is 0 Å². The number of aliphatic hydroxyl groups excluding tert-OH is 1. The molecule has 0 fully saturated rings. The number of nitrogens with one attached hydrogen (secondary N) is 2. The number of benzene rings is 3. The van der Waals surface area contributed by atoms with E-state index in [4.69, 9.17) is 4.74 Å². The van der Waals surface area contributed by atoms with Crippen molar-refractivity contribution in [3.8, 4) is 5.75 Å². The van der Waals surface area contributed by atoms with Gasteiger partial charge in [-0.3, -0.25) is 4.79 Å². The molecule has 0 radical (unpaired) electrons. The molecule has 0 unspecified atom stereocenters. The minimum absolute atomic E-state index is 0.283. The van der Waals surface area contributed by atoms with E-state index in [1.807, 2.05) is 36.4 Å². The number of amides is 1. The summed E-state index contributed by atoms with van der Waals surface area (Å²) in [5.74, 6) is 0.527. The maximum atomic E-state index is 12.3. The van der Waals surface area contributed by atoms with Gasteiger partial charge in [0.2, 0.25) is 0 Å². The third-order valence-corrected chi connectivity index (χ3v) is 5.55. The van der Waals surface area contributed by atoms with Crippen LogP contribution >= 0.6 is 0 Å². The number of para-hydroxylation sites is 1. The van der Waals surface area contributed by atoms with Gasteiger partial charge in [0.05, 0.1) is 24.7 Å². The summed E-state index contributed by atoms with van der Waals surface area (Å²) in [6, 6.07) is 22.1. The van der Waals surface area contributed by atoms with E-state index >= 15 is 0 Å². The highest BCUT2D eigenvalue weighted by Crippen LogP contribution is 2.23. The Bertz CT molecular complexity index is 1170. The number of rotatable bonds is 9. The fourth-order valence-electron chi connectivity index (χ4n) is 3.71. The lowest BCUT2D eigenvalue weighted by Gasteiger charge is -2.22. The number of hydrogen-bond acceptors (Lipinski definition) is 4. The van der Waals surface area contributed by atoms with Crippen molar-refractivity contribution >= 4 is 16.7 Å². The zero-order valence-electron chi connectivity index (χ0n) is 18.0. The lowest BCUT2D eigenvalue weighted by Crippen LogP contribution is -2.42. The molecule has 4 rings (SSSR count). The van der Waals surface area contributed by atoms with Crippen LogP contribution in [-0.4, -0.2) is 33.1 Å². The Morgan fingerprint density at radius 2 is 1.88 bits per heavy atom. The number of hydrogen-bond donors (Lipinski definition) is 3. The smallest absolute Gasteiger partial charge is 0.269 e. The van der Waals surface area contributed by atoms with E-state index in [1.54, 1.807) is 6.92 Å². The number of aliphatic hydroxyl groups is 1. The average molecular weight is 430 g/mol. The Morgan fingerprint density at radius 1 is 1.09 bits per heavy atom. The van der Waals surface area contributed by atoms with Crippen LogP contribution < -0.4 is 10.1 Å². The van der Waals surface area contributed by atoms with E-state index in [0.717, 1.165) is 16.9 Å². The summed E-state index contributed by atoms with van der Waals surface area (Å²) in [6.07, 6.45) is 3.47. The molecule has 164 valence electrons. The summed E-state index contributed by atoms with van der Waals surface area (Å²) < 4.78 is 6.14. The van der Waals surface area contributed by atoms with E-state index in [0.29, 0.717) is 25.1 Å². The topological polar surface area (TPSA) is 87.2 Å². The monoisotopic (exact) mass is 429 g/mol. The van der Waals surface area contributed by atoms with Crippen LogP contribution in [0.2, 0.25) is 0 Å². The summed E-state index contributed by atoms with van der Waals surface area (Å²) >= 11 is 0. The second-order valence-electron chi connectivity index (χ2n) is 7.90. The number of aryl methyl sites for hydroxylation is 1. The third-order valence-electron chi connectivity index (χ3n) is 5.55. The van der Waals surface area contributed by atoms with Gasteiger partial charge in [-0.15, -0.1) is 0 Å². The van der Waals surface area contributed by atoms with Gasteiger partial charge in [-0.2, -0.15) is 0 Å². The predicted molar refractivity (Wildman–Crippen MR) is 125 cm³/mol. The molecule has 0 saturated heterocycles. The van der Waals surface area contributed by atoms with E-state index < -0.39 is 6.10 Å². The molecule has 0 saturated carbocycles. The van der Waals surface area contributed by atoms with Gasteiger partial charge in [0.1, 0.15) is 18.1 Å². The fraction of sp³-hybridized carbons (Fsp3) is 0.231. The molecule has 0 bridgehead atoms. The van der Waals surface area contributed by atoms with Crippen LogP contribution in [0.3, 0.4) is 0 Å². The van der Waals surface area contributed by atoms with Gasteiger partial charge in [0.15, 0.2) is 0 Å². The summed E-state index contributed by atoms with van der Waals surface area (Å²) in [4.78, 5) is 19.0. The Morgan fingerprint density at radius 3 is 2.66 bits per heavy atom. The first kappa shape index (κ1) is 21.6. The number of aromatic amines is 1. The summed E-state index contributed by atoms with van der Waals surface area (Å²) in [5, 5.41) is 15.5. The summed E-state index contributed by atoms with van der Waals surface area (Å²) in [6.45, 7) is 2.15. The molecule has 3 aromatic carbocycles. The normalized spacial score (nSPS) is 12.9. The first-order valence-electron chi connectivity index (χ1n) is 10.8. The van der Waals surface area contributed by atoms with Gasteiger partial charge in [-0.1, -0.05) is 54.6 Å². The van der Waals surface area contributed by atoms with Crippen molar-refractivity contribution in [2.45, 2.75) is 38.5 Å². The maximum Gasteiger partial charge on any atom is 0.269 e. The Balaban J connectivity index is 1.40. The van der Waals surface area contributed by atoms with E-state index in [2.05, 4.69) is 45.6 Å². The van der Waals surface area contributed by atoms with Gasteiger partial charge in [0, 0.05) is 0 Å². The standard InChI is InChI=1S/C26H27N3O3/c1-18(30)23(29-26(31)24-15-27-17-28-24)13-12-21-7-4-5-9-25(21)32-16-19-10-11-20-6-2-3-8-22(20)14-19/h2-11,14-15,17-18,23,30H,12-13,16H2,1H3,(H,27,28)(H,29,31)/t18-,23+/m0/s1. The van der Waals surface area contributed by atoms with Crippen molar-refractivity contribution in [2.24, 2.45) is 0 Å². The van der Waals surface area contributed by atoms with Crippen LogP contribution in [0.1, 0.15) is 35.0 Å². The number of imidazole rings is 1. The van der Waals surface area contributed by atoms with Crippen molar-refractivity contribution < 1.29 is 14.6 Å². The highest BCUT2D eigenvalue weighted by atomic mass is 16.5. The quantitative estimate of drug-likeness (QED) is 0.371. The van der Waals surface area contributed by atoms with Crippen molar-refractivity contribution in [1.29, 1.82) is 0 Å². The molecule has 32 heavy (non-hydrogen) atoms. The zero-order valence-corrected chi connectivity index (χ0v) is 18.0. The fourth-order valence-corrected chi connectivity index (χ4v) is 3.71. The molecule has 6 nitrogen and oxygen atoms in total. The van der Waals surface area contributed by atoms with Gasteiger partial charge >= 0.3 is 0 Å². The van der Waals surface area contributed by atoms with Crippen LogP contribution in [0.25, 0.3) is 10.8 Å². The predicted octanol–water partition coefficient (Wildman–Crippen LogP) is 4.25. The maximum absolute atomic E-state index is 12.3. The van der Waals surface area contributed by atoms with Crippen molar-refractivity contribution in [3.05, 3.63) is 96.1 Å². The van der Waals surface area contributed by atoms with E-state index in [9.17, 15) is 9.90 Å². The Hall–Kier alpha value is -3.64. The van der Waals surface area contributed by atoms with Crippen LogP contribution in [0, 0.1) is 0 Å². The van der Waals surface area contributed by atoms with Crippen LogP contribution in [0.5, 0.6) is 5.75 Å². The Kier molecular flexibility index (Phi) is 6.82. The minimum atomic E-state index is -0.687. The van der Waals surface area contributed by atoms with Crippen molar-refractivity contribution in [1.82, 2.24) is 15.3 Å². The number of ether oxygens (including phenoxy) is 1. The lowest BCUT2D eigenvalue weighted by molar-refractivity contribution is 0.0846. The number of H-pyrrole nitrogens is 1. The number of carbonyl (C=O) groups excluding carboxylic acids is 1. The number of nitrogens with zero attached hydrogens (tertiary/aromatic N) is 1. The SMILES string of the molecule is C[C@H](O)[C@@H](CCc1ccccc1OCc1ccc2ccccc2c1)NC(=O)c1cnc[nH]1. The summed E-state index contributed by atoms with van der Waals surface area (Å²) in [7, 11) is 0. The molecule has 3 N–H and O–H groups in total. The third kappa shape index (κ3) is 5.34. The van der Waals surface area contributed by atoms with E-state index in [1.165, 1.54) is 23.3 Å². The first-order valence-corrected chi connectivity index (χ1v) is 10.8.